The Hall–Kier alpha value is -2.38. The lowest BCUT2D eigenvalue weighted by Crippen LogP contribution is -2.47. The van der Waals surface area contributed by atoms with E-state index in [2.05, 4.69) is 31.2 Å². The standard InChI is InChI=1S/C19H24ClN5O2/c1-27-13-3-7-21-18(26)17-6-8-22-19(23-17)25-11-9-24(10-12-25)16-5-2-4-15(20)14-16/h2,4-6,8,14H,3,7,9-13H2,1H3,(H,21,26). The number of hydrogen-bond donors (Lipinski definition) is 1. The van der Waals surface area contributed by atoms with Gasteiger partial charge in [0.25, 0.3) is 5.91 Å². The smallest absolute Gasteiger partial charge is 0.270 e. The van der Waals surface area contributed by atoms with Crippen molar-refractivity contribution in [2.45, 2.75) is 6.42 Å². The molecule has 1 fully saturated rings. The maximum absolute atomic E-state index is 12.2. The molecule has 27 heavy (non-hydrogen) atoms. The zero-order valence-electron chi connectivity index (χ0n) is 15.4. The van der Waals surface area contributed by atoms with Crippen molar-refractivity contribution in [1.29, 1.82) is 0 Å². The average Bonchev–Trinajstić information content (AvgIpc) is 2.71. The molecule has 0 saturated carbocycles. The zero-order valence-corrected chi connectivity index (χ0v) is 16.2. The van der Waals surface area contributed by atoms with Crippen molar-refractivity contribution in [3.05, 3.63) is 47.2 Å². The second-order valence-electron chi connectivity index (χ2n) is 6.30. The molecule has 2 aromatic rings. The molecular formula is C19H24ClN5O2. The Balaban J connectivity index is 1.57. The second-order valence-corrected chi connectivity index (χ2v) is 6.73. The number of methoxy groups -OCH3 is 1. The van der Waals surface area contributed by atoms with Crippen LogP contribution in [0.4, 0.5) is 11.6 Å². The topological polar surface area (TPSA) is 70.6 Å². The molecule has 1 aromatic heterocycles. The molecule has 0 atom stereocenters. The molecule has 8 heteroatoms. The zero-order chi connectivity index (χ0) is 19.1. The molecule has 1 saturated heterocycles. The van der Waals surface area contributed by atoms with Gasteiger partial charge < -0.3 is 19.9 Å². The lowest BCUT2D eigenvalue weighted by molar-refractivity contribution is 0.0943. The van der Waals surface area contributed by atoms with Crippen LogP contribution in [-0.2, 0) is 4.74 Å². The van der Waals surface area contributed by atoms with Gasteiger partial charge in [-0.1, -0.05) is 17.7 Å². The van der Waals surface area contributed by atoms with Crippen LogP contribution in [0.5, 0.6) is 0 Å². The van der Waals surface area contributed by atoms with E-state index in [0.29, 0.717) is 24.8 Å². The Labute approximate surface area is 164 Å². The van der Waals surface area contributed by atoms with Crippen molar-refractivity contribution in [2.75, 3.05) is 56.2 Å². The summed E-state index contributed by atoms with van der Waals surface area (Å²) in [4.78, 5) is 25.4. The molecule has 0 aliphatic carbocycles. The number of amides is 1. The van der Waals surface area contributed by atoms with E-state index in [1.54, 1.807) is 19.4 Å². The monoisotopic (exact) mass is 389 g/mol. The first-order chi connectivity index (χ1) is 13.2. The van der Waals surface area contributed by atoms with E-state index in [9.17, 15) is 4.79 Å². The van der Waals surface area contributed by atoms with Crippen LogP contribution in [-0.4, -0.2) is 62.3 Å². The van der Waals surface area contributed by atoms with Crippen LogP contribution < -0.4 is 15.1 Å². The highest BCUT2D eigenvalue weighted by molar-refractivity contribution is 6.30. The van der Waals surface area contributed by atoms with Gasteiger partial charge in [-0.2, -0.15) is 0 Å². The summed E-state index contributed by atoms with van der Waals surface area (Å²) in [7, 11) is 1.64. The van der Waals surface area contributed by atoms with Crippen molar-refractivity contribution >= 4 is 29.1 Å². The molecule has 2 heterocycles. The average molecular weight is 390 g/mol. The number of carbonyl (C=O) groups is 1. The molecular weight excluding hydrogens is 366 g/mol. The molecule has 1 N–H and O–H groups in total. The molecule has 144 valence electrons. The number of nitrogens with zero attached hydrogens (tertiary/aromatic N) is 4. The van der Waals surface area contributed by atoms with Gasteiger partial charge in [0.15, 0.2) is 0 Å². The van der Waals surface area contributed by atoms with Crippen LogP contribution in [0.15, 0.2) is 36.5 Å². The number of benzene rings is 1. The molecule has 0 unspecified atom stereocenters. The Kier molecular flexibility index (Phi) is 6.84. The maximum atomic E-state index is 12.2. The minimum absolute atomic E-state index is 0.188. The summed E-state index contributed by atoms with van der Waals surface area (Å²) in [6.45, 7) is 4.43. The summed E-state index contributed by atoms with van der Waals surface area (Å²) in [6, 6.07) is 9.51. The fourth-order valence-corrected chi connectivity index (χ4v) is 3.16. The SMILES string of the molecule is COCCCNC(=O)c1ccnc(N2CCN(c3cccc(Cl)c3)CC2)n1. The van der Waals surface area contributed by atoms with Gasteiger partial charge in [-0.25, -0.2) is 9.97 Å². The van der Waals surface area contributed by atoms with Gasteiger partial charge in [0.2, 0.25) is 5.95 Å². The van der Waals surface area contributed by atoms with Gasteiger partial charge in [0.05, 0.1) is 0 Å². The van der Waals surface area contributed by atoms with Gasteiger partial charge in [-0.05, 0) is 30.7 Å². The fourth-order valence-electron chi connectivity index (χ4n) is 2.97. The van der Waals surface area contributed by atoms with Crippen LogP contribution in [0.3, 0.4) is 0 Å². The van der Waals surface area contributed by atoms with Crippen LogP contribution in [0.1, 0.15) is 16.9 Å². The molecule has 7 nitrogen and oxygen atoms in total. The number of piperazine rings is 1. The fraction of sp³-hybridized carbons (Fsp3) is 0.421. The number of anilines is 2. The summed E-state index contributed by atoms with van der Waals surface area (Å²) in [6.07, 6.45) is 2.40. The highest BCUT2D eigenvalue weighted by atomic mass is 35.5. The van der Waals surface area contributed by atoms with Crippen molar-refractivity contribution in [3.8, 4) is 0 Å². The Morgan fingerprint density at radius 1 is 1.22 bits per heavy atom. The molecule has 1 aliphatic heterocycles. The van der Waals surface area contributed by atoms with Crippen LogP contribution in [0.25, 0.3) is 0 Å². The van der Waals surface area contributed by atoms with E-state index in [4.69, 9.17) is 16.3 Å². The molecule has 0 radical (unpaired) electrons. The second kappa shape index (κ2) is 9.53. The van der Waals surface area contributed by atoms with Gasteiger partial charge in [0.1, 0.15) is 5.69 Å². The third kappa shape index (κ3) is 5.30. The number of aromatic nitrogens is 2. The minimum Gasteiger partial charge on any atom is -0.385 e. The van der Waals surface area contributed by atoms with Gasteiger partial charge in [0, 0.05) is 63.3 Å². The third-order valence-corrected chi connectivity index (χ3v) is 4.66. The predicted molar refractivity (Wildman–Crippen MR) is 107 cm³/mol. The first kappa shape index (κ1) is 19.4. The molecule has 3 rings (SSSR count). The molecule has 1 amide bonds. The number of ether oxygens (including phenoxy) is 1. The Morgan fingerprint density at radius 3 is 2.74 bits per heavy atom. The lowest BCUT2D eigenvalue weighted by atomic mass is 10.2. The van der Waals surface area contributed by atoms with E-state index in [1.807, 2.05) is 18.2 Å². The van der Waals surface area contributed by atoms with E-state index in [-0.39, 0.29) is 5.91 Å². The van der Waals surface area contributed by atoms with Gasteiger partial charge >= 0.3 is 0 Å². The Bertz CT molecular complexity index is 765. The summed E-state index contributed by atoms with van der Waals surface area (Å²) >= 11 is 6.09. The maximum Gasteiger partial charge on any atom is 0.270 e. The third-order valence-electron chi connectivity index (χ3n) is 4.42. The summed E-state index contributed by atoms with van der Waals surface area (Å²) < 4.78 is 4.98. The van der Waals surface area contributed by atoms with E-state index in [1.165, 1.54) is 0 Å². The van der Waals surface area contributed by atoms with Gasteiger partial charge in [-0.15, -0.1) is 0 Å². The summed E-state index contributed by atoms with van der Waals surface area (Å²) in [5.41, 5.74) is 1.50. The van der Waals surface area contributed by atoms with Crippen LogP contribution >= 0.6 is 11.6 Å². The molecule has 1 aliphatic rings. The highest BCUT2D eigenvalue weighted by Crippen LogP contribution is 2.21. The van der Waals surface area contributed by atoms with E-state index >= 15 is 0 Å². The number of hydrogen-bond acceptors (Lipinski definition) is 6. The Morgan fingerprint density at radius 2 is 2.00 bits per heavy atom. The normalized spacial score (nSPS) is 14.3. The highest BCUT2D eigenvalue weighted by Gasteiger charge is 2.20. The number of halogens is 1. The minimum atomic E-state index is -0.188. The lowest BCUT2D eigenvalue weighted by Gasteiger charge is -2.36. The van der Waals surface area contributed by atoms with Crippen molar-refractivity contribution in [3.63, 3.8) is 0 Å². The summed E-state index contributed by atoms with van der Waals surface area (Å²) in [5, 5.41) is 3.59. The predicted octanol–water partition coefficient (Wildman–Crippen LogP) is 2.22. The number of carbonyl (C=O) groups excluding carboxylic acids is 1. The first-order valence-corrected chi connectivity index (χ1v) is 9.41. The molecule has 1 aromatic carbocycles. The molecule has 0 bridgehead atoms. The number of nitrogens with one attached hydrogen (secondary N) is 1. The van der Waals surface area contributed by atoms with E-state index in [0.717, 1.165) is 43.3 Å². The largest absolute Gasteiger partial charge is 0.385 e. The van der Waals surface area contributed by atoms with Crippen LogP contribution in [0, 0.1) is 0 Å². The summed E-state index contributed by atoms with van der Waals surface area (Å²) in [5.74, 6) is 0.401. The van der Waals surface area contributed by atoms with Crippen LogP contribution in [0.2, 0.25) is 5.02 Å². The van der Waals surface area contributed by atoms with Crippen molar-refractivity contribution in [1.82, 2.24) is 15.3 Å². The van der Waals surface area contributed by atoms with Crippen molar-refractivity contribution in [2.24, 2.45) is 0 Å². The van der Waals surface area contributed by atoms with E-state index < -0.39 is 0 Å². The number of rotatable bonds is 7. The quantitative estimate of drug-likeness (QED) is 0.732. The van der Waals surface area contributed by atoms with Gasteiger partial charge in [-0.3, -0.25) is 4.79 Å². The molecule has 0 spiro atoms. The van der Waals surface area contributed by atoms with Crippen molar-refractivity contribution < 1.29 is 9.53 Å². The first-order valence-electron chi connectivity index (χ1n) is 9.03.